The standard InChI is InChI=1S/C23H26N2O2S/c1-25(13-18-15-28-21-6-4-3-5-20(18)21)14-22(26)24-23(16-7-8-16)17-9-11-19(27-2)12-10-17/h3-6,9-12,15-16,23H,7-8,13-14H2,1-2H3,(H,24,26). The highest BCUT2D eigenvalue weighted by atomic mass is 32.1. The van der Waals surface area contributed by atoms with Crippen molar-refractivity contribution in [3.63, 3.8) is 0 Å². The lowest BCUT2D eigenvalue weighted by Crippen LogP contribution is -2.37. The largest absolute Gasteiger partial charge is 0.497 e. The molecule has 3 aromatic rings. The summed E-state index contributed by atoms with van der Waals surface area (Å²) in [5.74, 6) is 1.46. The van der Waals surface area contributed by atoms with Gasteiger partial charge >= 0.3 is 0 Å². The number of benzene rings is 2. The smallest absolute Gasteiger partial charge is 0.234 e. The Morgan fingerprint density at radius 2 is 1.96 bits per heavy atom. The molecule has 0 aliphatic heterocycles. The summed E-state index contributed by atoms with van der Waals surface area (Å²) in [6.45, 7) is 1.16. The van der Waals surface area contributed by atoms with Crippen molar-refractivity contribution >= 4 is 27.3 Å². The molecule has 0 bridgehead atoms. The van der Waals surface area contributed by atoms with E-state index in [4.69, 9.17) is 4.74 Å². The fourth-order valence-electron chi connectivity index (χ4n) is 3.68. The molecule has 2 aromatic carbocycles. The average molecular weight is 395 g/mol. The first kappa shape index (κ1) is 19.0. The normalized spacial score (nSPS) is 15.0. The first-order valence-electron chi connectivity index (χ1n) is 9.71. The third-order valence-corrected chi connectivity index (χ3v) is 6.31. The summed E-state index contributed by atoms with van der Waals surface area (Å²) in [5.41, 5.74) is 2.44. The fourth-order valence-corrected chi connectivity index (χ4v) is 4.63. The molecule has 4 rings (SSSR count). The number of rotatable bonds is 8. The average Bonchev–Trinajstić information content (AvgIpc) is 3.48. The second kappa shape index (κ2) is 8.33. The van der Waals surface area contributed by atoms with Crippen LogP contribution in [0.15, 0.2) is 53.9 Å². The van der Waals surface area contributed by atoms with Crippen LogP contribution in [-0.2, 0) is 11.3 Å². The maximum Gasteiger partial charge on any atom is 0.234 e. The van der Waals surface area contributed by atoms with E-state index in [1.807, 2.05) is 19.2 Å². The Bertz CT molecular complexity index is 947. The Balaban J connectivity index is 1.37. The highest BCUT2D eigenvalue weighted by molar-refractivity contribution is 7.17. The van der Waals surface area contributed by atoms with Gasteiger partial charge in [0, 0.05) is 11.2 Å². The fraction of sp³-hybridized carbons (Fsp3) is 0.348. The topological polar surface area (TPSA) is 41.6 Å². The van der Waals surface area contributed by atoms with Gasteiger partial charge in [0.05, 0.1) is 19.7 Å². The third-order valence-electron chi connectivity index (χ3n) is 5.30. The van der Waals surface area contributed by atoms with Crippen LogP contribution < -0.4 is 10.1 Å². The van der Waals surface area contributed by atoms with Gasteiger partial charge in [-0.25, -0.2) is 0 Å². The van der Waals surface area contributed by atoms with Crippen LogP contribution in [0.2, 0.25) is 0 Å². The van der Waals surface area contributed by atoms with E-state index in [1.54, 1.807) is 18.4 Å². The first-order valence-corrected chi connectivity index (χ1v) is 10.6. The number of fused-ring (bicyclic) bond motifs is 1. The molecule has 146 valence electrons. The molecule has 1 aromatic heterocycles. The summed E-state index contributed by atoms with van der Waals surface area (Å²) >= 11 is 1.76. The maximum atomic E-state index is 12.7. The Kier molecular flexibility index (Phi) is 5.64. The van der Waals surface area contributed by atoms with Crippen molar-refractivity contribution < 1.29 is 9.53 Å². The zero-order valence-electron chi connectivity index (χ0n) is 16.4. The number of ether oxygens (including phenoxy) is 1. The molecule has 0 radical (unpaired) electrons. The van der Waals surface area contributed by atoms with Crippen LogP contribution in [0.25, 0.3) is 10.1 Å². The minimum absolute atomic E-state index is 0.0785. The molecule has 28 heavy (non-hydrogen) atoms. The van der Waals surface area contributed by atoms with E-state index in [-0.39, 0.29) is 11.9 Å². The van der Waals surface area contributed by atoms with Crippen LogP contribution in [0, 0.1) is 5.92 Å². The van der Waals surface area contributed by atoms with E-state index in [2.05, 4.69) is 52.0 Å². The zero-order chi connectivity index (χ0) is 19.5. The predicted octanol–water partition coefficient (Wildman–Crippen LogP) is 4.61. The third kappa shape index (κ3) is 4.37. The number of carbonyl (C=O) groups is 1. The Morgan fingerprint density at radius 3 is 2.68 bits per heavy atom. The molecule has 1 N–H and O–H groups in total. The van der Waals surface area contributed by atoms with Crippen LogP contribution in [0.4, 0.5) is 0 Å². The number of nitrogens with zero attached hydrogens (tertiary/aromatic N) is 1. The van der Waals surface area contributed by atoms with Gasteiger partial charge in [-0.15, -0.1) is 11.3 Å². The van der Waals surface area contributed by atoms with E-state index < -0.39 is 0 Å². The lowest BCUT2D eigenvalue weighted by molar-refractivity contribution is -0.123. The van der Waals surface area contributed by atoms with E-state index in [0.717, 1.165) is 17.9 Å². The van der Waals surface area contributed by atoms with Crippen molar-refractivity contribution in [1.29, 1.82) is 0 Å². The molecule has 1 aliphatic carbocycles. The second-order valence-electron chi connectivity index (χ2n) is 7.59. The van der Waals surface area contributed by atoms with E-state index in [9.17, 15) is 4.79 Å². The molecular weight excluding hydrogens is 368 g/mol. The summed E-state index contributed by atoms with van der Waals surface area (Å²) in [4.78, 5) is 14.8. The molecule has 1 aliphatic rings. The molecule has 1 fully saturated rings. The van der Waals surface area contributed by atoms with Crippen molar-refractivity contribution in [3.8, 4) is 5.75 Å². The van der Waals surface area contributed by atoms with Gasteiger partial charge in [-0.1, -0.05) is 30.3 Å². The number of nitrogens with one attached hydrogen (secondary N) is 1. The van der Waals surface area contributed by atoms with Crippen LogP contribution >= 0.6 is 11.3 Å². The second-order valence-corrected chi connectivity index (χ2v) is 8.50. The van der Waals surface area contributed by atoms with Crippen molar-refractivity contribution in [2.45, 2.75) is 25.4 Å². The van der Waals surface area contributed by atoms with Gasteiger partial charge < -0.3 is 10.1 Å². The molecular formula is C23H26N2O2S. The van der Waals surface area contributed by atoms with Crippen LogP contribution in [0.3, 0.4) is 0 Å². The first-order chi connectivity index (χ1) is 13.6. The van der Waals surface area contributed by atoms with Crippen LogP contribution in [-0.4, -0.2) is 31.5 Å². The number of hydrogen-bond acceptors (Lipinski definition) is 4. The Labute approximate surface area is 170 Å². The molecule has 0 spiro atoms. The summed E-state index contributed by atoms with van der Waals surface area (Å²) in [5, 5.41) is 6.75. The number of amides is 1. The quantitative estimate of drug-likeness (QED) is 0.607. The number of thiophene rings is 1. The minimum atomic E-state index is 0.0785. The summed E-state index contributed by atoms with van der Waals surface area (Å²) < 4.78 is 6.54. The highest BCUT2D eigenvalue weighted by Crippen LogP contribution is 2.41. The minimum Gasteiger partial charge on any atom is -0.497 e. The van der Waals surface area contributed by atoms with Crippen molar-refractivity contribution in [1.82, 2.24) is 10.2 Å². The molecule has 5 heteroatoms. The van der Waals surface area contributed by atoms with Crippen molar-refractivity contribution in [2.75, 3.05) is 20.7 Å². The number of methoxy groups -OCH3 is 1. The molecule has 1 saturated carbocycles. The van der Waals surface area contributed by atoms with Gasteiger partial charge in [-0.3, -0.25) is 9.69 Å². The Hall–Kier alpha value is -2.37. The van der Waals surface area contributed by atoms with Gasteiger partial charge in [-0.2, -0.15) is 0 Å². The predicted molar refractivity (Wildman–Crippen MR) is 115 cm³/mol. The summed E-state index contributed by atoms with van der Waals surface area (Å²) in [6.07, 6.45) is 2.35. The summed E-state index contributed by atoms with van der Waals surface area (Å²) in [7, 11) is 3.67. The van der Waals surface area contributed by atoms with Gasteiger partial charge in [0.2, 0.25) is 5.91 Å². The molecule has 1 amide bonds. The summed E-state index contributed by atoms with van der Waals surface area (Å²) in [6, 6.07) is 16.6. The lowest BCUT2D eigenvalue weighted by atomic mass is 10.0. The number of likely N-dealkylation sites (N-methyl/N-ethyl adjacent to an activating group) is 1. The van der Waals surface area contributed by atoms with Crippen molar-refractivity contribution in [3.05, 3.63) is 65.0 Å². The molecule has 1 heterocycles. The molecule has 1 atom stereocenters. The van der Waals surface area contributed by atoms with E-state index in [1.165, 1.54) is 28.5 Å². The lowest BCUT2D eigenvalue weighted by Gasteiger charge is -2.22. The van der Waals surface area contributed by atoms with Gasteiger partial charge in [-0.05, 0) is 65.9 Å². The maximum absolute atomic E-state index is 12.7. The van der Waals surface area contributed by atoms with Gasteiger partial charge in [0.15, 0.2) is 0 Å². The number of hydrogen-bond donors (Lipinski definition) is 1. The molecule has 0 saturated heterocycles. The Morgan fingerprint density at radius 1 is 1.21 bits per heavy atom. The van der Waals surface area contributed by atoms with Crippen LogP contribution in [0.1, 0.15) is 30.0 Å². The monoisotopic (exact) mass is 394 g/mol. The highest BCUT2D eigenvalue weighted by Gasteiger charge is 2.33. The SMILES string of the molecule is COc1ccc(C(NC(=O)CN(C)Cc2csc3ccccc23)C2CC2)cc1. The van der Waals surface area contributed by atoms with E-state index in [0.29, 0.717) is 12.5 Å². The van der Waals surface area contributed by atoms with E-state index >= 15 is 0 Å². The molecule has 1 unspecified atom stereocenters. The molecule has 4 nitrogen and oxygen atoms in total. The number of carbonyl (C=O) groups excluding carboxylic acids is 1. The zero-order valence-corrected chi connectivity index (χ0v) is 17.2. The van der Waals surface area contributed by atoms with Gasteiger partial charge in [0.1, 0.15) is 5.75 Å². The van der Waals surface area contributed by atoms with Crippen LogP contribution in [0.5, 0.6) is 5.75 Å². The van der Waals surface area contributed by atoms with Crippen molar-refractivity contribution in [2.24, 2.45) is 5.92 Å². The van der Waals surface area contributed by atoms with Gasteiger partial charge in [0.25, 0.3) is 0 Å².